The van der Waals surface area contributed by atoms with E-state index in [1.54, 1.807) is 6.92 Å². The molecule has 0 aliphatic heterocycles. The molecule has 0 heterocycles. The van der Waals surface area contributed by atoms with Gasteiger partial charge in [-0.05, 0) is 37.5 Å². The second kappa shape index (κ2) is 8.20. The average molecular weight is 340 g/mol. The molecule has 0 amide bonds. The molecule has 0 atom stereocenters. The molecular formula is C13H19Cl2NO3S. The van der Waals surface area contributed by atoms with Gasteiger partial charge in [0.05, 0.1) is 5.02 Å². The van der Waals surface area contributed by atoms with Crippen molar-refractivity contribution in [1.29, 1.82) is 0 Å². The number of aryl methyl sites for hydroxylation is 1. The van der Waals surface area contributed by atoms with E-state index in [9.17, 15) is 8.42 Å². The van der Waals surface area contributed by atoms with Crippen molar-refractivity contribution in [2.75, 3.05) is 19.8 Å². The molecule has 1 aromatic carbocycles. The molecule has 114 valence electrons. The number of ether oxygens (including phenoxy) is 1. The summed E-state index contributed by atoms with van der Waals surface area (Å²) in [4.78, 5) is 0.0514. The molecule has 0 spiro atoms. The molecule has 0 saturated carbocycles. The third-order valence-corrected chi connectivity index (χ3v) is 4.94. The fourth-order valence-corrected chi connectivity index (χ4v) is 3.45. The van der Waals surface area contributed by atoms with Gasteiger partial charge in [-0.15, -0.1) is 0 Å². The normalized spacial score (nSPS) is 11.8. The van der Waals surface area contributed by atoms with Gasteiger partial charge in [0.15, 0.2) is 0 Å². The molecule has 0 fully saturated rings. The molecule has 0 bridgehead atoms. The van der Waals surface area contributed by atoms with Crippen LogP contribution in [0, 0.1) is 6.92 Å². The number of halogens is 2. The highest BCUT2D eigenvalue weighted by Gasteiger charge is 2.18. The van der Waals surface area contributed by atoms with Crippen molar-refractivity contribution in [3.63, 3.8) is 0 Å². The van der Waals surface area contributed by atoms with Crippen molar-refractivity contribution >= 4 is 33.2 Å². The zero-order chi connectivity index (χ0) is 15.2. The highest BCUT2D eigenvalue weighted by molar-refractivity contribution is 7.89. The molecule has 0 radical (unpaired) electrons. The van der Waals surface area contributed by atoms with E-state index >= 15 is 0 Å². The zero-order valence-corrected chi connectivity index (χ0v) is 13.9. The average Bonchev–Trinajstić information content (AvgIpc) is 2.37. The standard InChI is InChI=1S/C13H19Cl2NO3S/c1-3-6-19-7-4-5-16-20(17,18)13-8-10(2)11(14)9-12(13)15/h8-9,16H,3-7H2,1-2H3. The van der Waals surface area contributed by atoms with Crippen LogP contribution in [0.4, 0.5) is 0 Å². The van der Waals surface area contributed by atoms with Crippen LogP contribution < -0.4 is 4.72 Å². The van der Waals surface area contributed by atoms with E-state index in [2.05, 4.69) is 4.72 Å². The van der Waals surface area contributed by atoms with Crippen molar-refractivity contribution in [3.8, 4) is 0 Å². The first-order valence-corrected chi connectivity index (χ1v) is 8.65. The van der Waals surface area contributed by atoms with E-state index in [0.717, 1.165) is 6.42 Å². The van der Waals surface area contributed by atoms with Crippen LogP contribution in [0.5, 0.6) is 0 Å². The minimum Gasteiger partial charge on any atom is -0.381 e. The fourth-order valence-electron chi connectivity index (χ4n) is 1.54. The van der Waals surface area contributed by atoms with Crippen molar-refractivity contribution in [1.82, 2.24) is 4.72 Å². The molecule has 4 nitrogen and oxygen atoms in total. The molecule has 1 rings (SSSR count). The first kappa shape index (κ1) is 17.7. The monoisotopic (exact) mass is 339 g/mol. The third-order valence-electron chi connectivity index (χ3n) is 2.61. The lowest BCUT2D eigenvalue weighted by molar-refractivity contribution is 0.133. The van der Waals surface area contributed by atoms with Crippen LogP contribution in [0.1, 0.15) is 25.3 Å². The van der Waals surface area contributed by atoms with Crippen LogP contribution in [-0.4, -0.2) is 28.2 Å². The Bertz CT molecular complexity index is 547. The predicted molar refractivity (Wildman–Crippen MR) is 82.1 cm³/mol. The van der Waals surface area contributed by atoms with Gasteiger partial charge in [-0.25, -0.2) is 13.1 Å². The number of sulfonamides is 1. The predicted octanol–water partition coefficient (Wildman–Crippen LogP) is 3.40. The topological polar surface area (TPSA) is 55.4 Å². The SMILES string of the molecule is CCCOCCCNS(=O)(=O)c1cc(C)c(Cl)cc1Cl. The first-order chi connectivity index (χ1) is 9.38. The Kier molecular flexibility index (Phi) is 7.26. The summed E-state index contributed by atoms with van der Waals surface area (Å²) >= 11 is 11.8. The molecule has 7 heteroatoms. The summed E-state index contributed by atoms with van der Waals surface area (Å²) in [5.41, 5.74) is 0.669. The maximum absolute atomic E-state index is 12.1. The van der Waals surface area contributed by atoms with Crippen LogP contribution in [0.3, 0.4) is 0 Å². The molecule has 0 saturated heterocycles. The fraction of sp³-hybridized carbons (Fsp3) is 0.538. The maximum Gasteiger partial charge on any atom is 0.242 e. The summed E-state index contributed by atoms with van der Waals surface area (Å²) in [5, 5.41) is 0.567. The van der Waals surface area contributed by atoms with Gasteiger partial charge >= 0.3 is 0 Å². The molecular weight excluding hydrogens is 321 g/mol. The van der Waals surface area contributed by atoms with E-state index in [1.807, 2.05) is 6.92 Å². The number of rotatable bonds is 8. The number of hydrogen-bond acceptors (Lipinski definition) is 3. The Morgan fingerprint density at radius 3 is 2.55 bits per heavy atom. The van der Waals surface area contributed by atoms with E-state index < -0.39 is 10.0 Å². The Morgan fingerprint density at radius 2 is 1.90 bits per heavy atom. The van der Waals surface area contributed by atoms with Crippen LogP contribution in [0.15, 0.2) is 17.0 Å². The van der Waals surface area contributed by atoms with Crippen molar-refractivity contribution < 1.29 is 13.2 Å². The van der Waals surface area contributed by atoms with Gasteiger partial charge < -0.3 is 4.74 Å². The molecule has 0 aliphatic carbocycles. The number of benzene rings is 1. The van der Waals surface area contributed by atoms with Crippen LogP contribution in [-0.2, 0) is 14.8 Å². The Labute approximate surface area is 130 Å². The number of hydrogen-bond donors (Lipinski definition) is 1. The van der Waals surface area contributed by atoms with E-state index in [0.29, 0.717) is 36.8 Å². The van der Waals surface area contributed by atoms with Crippen molar-refractivity contribution in [2.24, 2.45) is 0 Å². The maximum atomic E-state index is 12.1. The minimum atomic E-state index is -3.62. The van der Waals surface area contributed by atoms with Crippen molar-refractivity contribution in [3.05, 3.63) is 27.7 Å². The second-order valence-corrected chi connectivity index (χ2v) is 6.95. The summed E-state index contributed by atoms with van der Waals surface area (Å²) < 4.78 is 32.0. The highest BCUT2D eigenvalue weighted by Crippen LogP contribution is 2.27. The largest absolute Gasteiger partial charge is 0.381 e. The lowest BCUT2D eigenvalue weighted by atomic mass is 10.2. The van der Waals surface area contributed by atoms with Crippen LogP contribution in [0.25, 0.3) is 0 Å². The Hall–Kier alpha value is -0.330. The second-order valence-electron chi connectivity index (χ2n) is 4.40. The highest BCUT2D eigenvalue weighted by atomic mass is 35.5. The van der Waals surface area contributed by atoms with E-state index in [-0.39, 0.29) is 9.92 Å². The van der Waals surface area contributed by atoms with Gasteiger partial charge in [0.1, 0.15) is 4.90 Å². The quantitative estimate of drug-likeness (QED) is 0.738. The van der Waals surface area contributed by atoms with Gasteiger partial charge in [-0.2, -0.15) is 0 Å². The van der Waals surface area contributed by atoms with E-state index in [4.69, 9.17) is 27.9 Å². The van der Waals surface area contributed by atoms with Gasteiger partial charge in [-0.1, -0.05) is 30.1 Å². The van der Waals surface area contributed by atoms with Gasteiger partial charge in [0.2, 0.25) is 10.0 Å². The molecule has 1 N–H and O–H groups in total. The smallest absolute Gasteiger partial charge is 0.242 e. The molecule has 0 aliphatic rings. The van der Waals surface area contributed by atoms with E-state index in [1.165, 1.54) is 12.1 Å². The van der Waals surface area contributed by atoms with Crippen LogP contribution in [0.2, 0.25) is 10.0 Å². The zero-order valence-electron chi connectivity index (χ0n) is 11.6. The summed E-state index contributed by atoms with van der Waals surface area (Å²) in [7, 11) is -3.62. The lowest BCUT2D eigenvalue weighted by Gasteiger charge is -2.10. The molecule has 0 unspecified atom stereocenters. The summed E-state index contributed by atoms with van der Waals surface area (Å²) in [6.45, 7) is 5.28. The lowest BCUT2D eigenvalue weighted by Crippen LogP contribution is -2.26. The molecule has 0 aromatic heterocycles. The van der Waals surface area contributed by atoms with Gasteiger partial charge in [-0.3, -0.25) is 0 Å². The van der Waals surface area contributed by atoms with Gasteiger partial charge in [0.25, 0.3) is 0 Å². The Balaban J connectivity index is 2.63. The summed E-state index contributed by atoms with van der Waals surface area (Å²) in [5.74, 6) is 0. The molecule has 20 heavy (non-hydrogen) atoms. The molecule has 1 aromatic rings. The van der Waals surface area contributed by atoms with Crippen LogP contribution >= 0.6 is 23.2 Å². The van der Waals surface area contributed by atoms with Crippen molar-refractivity contribution in [2.45, 2.75) is 31.6 Å². The summed E-state index contributed by atoms with van der Waals surface area (Å²) in [6.07, 6.45) is 1.56. The van der Waals surface area contributed by atoms with Gasteiger partial charge in [0, 0.05) is 24.8 Å². The third kappa shape index (κ3) is 5.22. The summed E-state index contributed by atoms with van der Waals surface area (Å²) in [6, 6.07) is 2.91. The Morgan fingerprint density at radius 1 is 1.20 bits per heavy atom. The first-order valence-electron chi connectivity index (χ1n) is 6.41. The minimum absolute atomic E-state index is 0.0514. The number of nitrogens with one attached hydrogen (secondary N) is 1.